The monoisotopic (exact) mass is 388 g/mol. The van der Waals surface area contributed by atoms with Crippen molar-refractivity contribution in [3.63, 3.8) is 0 Å². The van der Waals surface area contributed by atoms with E-state index in [-0.39, 0.29) is 0 Å². The zero-order valence-electron chi connectivity index (χ0n) is 17.1. The number of para-hydroxylation sites is 4. The van der Waals surface area contributed by atoms with Crippen LogP contribution in [0.15, 0.2) is 97.1 Å². The van der Waals surface area contributed by atoms with Crippen molar-refractivity contribution in [2.75, 3.05) is 0 Å². The van der Waals surface area contributed by atoms with Crippen molar-refractivity contribution in [2.24, 2.45) is 0 Å². The normalized spacial score (nSPS) is 13.0. The number of nitrogens with zero attached hydrogens (tertiary/aromatic N) is 2. The summed E-state index contributed by atoms with van der Waals surface area (Å²) in [7, 11) is 0. The molecule has 6 rings (SSSR count). The number of benzene rings is 4. The number of hydrogen-bond donors (Lipinski definition) is 0. The van der Waals surface area contributed by atoms with Gasteiger partial charge in [-0.1, -0.05) is 72.8 Å². The largest absolute Gasteiger partial charge is 0.340 e. The molecule has 1 unspecified atom stereocenters. The Balaban J connectivity index is 1.44. The Labute approximate surface area is 176 Å². The molecule has 0 saturated heterocycles. The maximum Gasteiger partial charge on any atom is 0.0493 e. The highest BCUT2D eigenvalue weighted by Crippen LogP contribution is 2.34. The van der Waals surface area contributed by atoms with Crippen molar-refractivity contribution in [2.45, 2.75) is 25.9 Å². The standard InChI is InChI=1S/C28H24N2/c1-20(30-27-16-8-4-12-23(27)24-13-5-9-17-28(24)30)18-19-29-25-14-6-2-10-21(25)22-11-3-7-15-26(22)29/h2-17,20H,18-19H2,1H3. The predicted molar refractivity (Wildman–Crippen MR) is 128 cm³/mol. The molecule has 0 saturated carbocycles. The van der Waals surface area contributed by atoms with Crippen LogP contribution in [0.4, 0.5) is 0 Å². The van der Waals surface area contributed by atoms with Crippen LogP contribution in [0.3, 0.4) is 0 Å². The fraction of sp³-hybridized carbons (Fsp3) is 0.143. The van der Waals surface area contributed by atoms with Gasteiger partial charge in [-0.2, -0.15) is 0 Å². The molecular formula is C28H24N2. The third-order valence-electron chi connectivity index (χ3n) is 6.51. The minimum Gasteiger partial charge on any atom is -0.340 e. The second kappa shape index (κ2) is 6.77. The van der Waals surface area contributed by atoms with E-state index in [0.29, 0.717) is 6.04 Å². The average molecular weight is 389 g/mol. The summed E-state index contributed by atoms with van der Waals surface area (Å²) in [4.78, 5) is 0. The molecule has 0 aliphatic rings. The van der Waals surface area contributed by atoms with Gasteiger partial charge in [-0.05, 0) is 37.6 Å². The second-order valence-electron chi connectivity index (χ2n) is 8.23. The third-order valence-corrected chi connectivity index (χ3v) is 6.51. The highest BCUT2D eigenvalue weighted by molar-refractivity contribution is 6.08. The van der Waals surface area contributed by atoms with Crippen LogP contribution < -0.4 is 0 Å². The summed E-state index contributed by atoms with van der Waals surface area (Å²) in [5.74, 6) is 0. The molecule has 0 bridgehead atoms. The Morgan fingerprint density at radius 3 is 1.37 bits per heavy atom. The molecule has 2 heteroatoms. The van der Waals surface area contributed by atoms with Gasteiger partial charge < -0.3 is 9.13 Å². The van der Waals surface area contributed by atoms with E-state index in [2.05, 4.69) is 113 Å². The molecule has 1 atom stereocenters. The number of aromatic nitrogens is 2. The van der Waals surface area contributed by atoms with Crippen LogP contribution in [0.2, 0.25) is 0 Å². The zero-order chi connectivity index (χ0) is 20.1. The second-order valence-corrected chi connectivity index (χ2v) is 8.23. The molecule has 2 nitrogen and oxygen atoms in total. The Bertz CT molecular complexity index is 1410. The van der Waals surface area contributed by atoms with E-state index < -0.39 is 0 Å². The Hall–Kier alpha value is -3.52. The van der Waals surface area contributed by atoms with E-state index in [4.69, 9.17) is 0 Å². The summed E-state index contributed by atoms with van der Waals surface area (Å²) < 4.78 is 5.02. The number of fused-ring (bicyclic) bond motifs is 6. The van der Waals surface area contributed by atoms with Crippen LogP contribution in [0.25, 0.3) is 43.6 Å². The predicted octanol–water partition coefficient (Wildman–Crippen LogP) is 7.55. The van der Waals surface area contributed by atoms with Crippen molar-refractivity contribution in [1.29, 1.82) is 0 Å². The molecule has 30 heavy (non-hydrogen) atoms. The lowest BCUT2D eigenvalue weighted by Crippen LogP contribution is -2.09. The number of hydrogen-bond acceptors (Lipinski definition) is 0. The first-order chi connectivity index (χ1) is 14.8. The van der Waals surface area contributed by atoms with Crippen molar-refractivity contribution >= 4 is 43.6 Å². The lowest BCUT2D eigenvalue weighted by molar-refractivity contribution is 0.495. The minimum atomic E-state index is 0.398. The molecule has 2 aromatic heterocycles. The van der Waals surface area contributed by atoms with E-state index in [9.17, 15) is 0 Å². The van der Waals surface area contributed by atoms with E-state index in [1.54, 1.807) is 0 Å². The number of aryl methyl sites for hydroxylation is 1. The van der Waals surface area contributed by atoms with Gasteiger partial charge in [0.1, 0.15) is 0 Å². The molecule has 0 radical (unpaired) electrons. The first-order valence-electron chi connectivity index (χ1n) is 10.8. The highest BCUT2D eigenvalue weighted by Gasteiger charge is 2.16. The maximum atomic E-state index is 2.53. The van der Waals surface area contributed by atoms with Gasteiger partial charge in [-0.15, -0.1) is 0 Å². The van der Waals surface area contributed by atoms with Crippen molar-refractivity contribution in [1.82, 2.24) is 9.13 Å². The van der Waals surface area contributed by atoms with Crippen LogP contribution >= 0.6 is 0 Å². The van der Waals surface area contributed by atoms with E-state index in [1.807, 2.05) is 0 Å². The molecule has 0 aliphatic carbocycles. The van der Waals surface area contributed by atoms with Crippen LogP contribution in [-0.2, 0) is 6.54 Å². The molecule has 0 aliphatic heterocycles. The van der Waals surface area contributed by atoms with Gasteiger partial charge in [0, 0.05) is 56.2 Å². The summed E-state index contributed by atoms with van der Waals surface area (Å²) in [5, 5.41) is 5.38. The summed E-state index contributed by atoms with van der Waals surface area (Å²) in [6.45, 7) is 3.35. The molecule has 4 aromatic carbocycles. The topological polar surface area (TPSA) is 9.86 Å². The minimum absolute atomic E-state index is 0.398. The first-order valence-corrected chi connectivity index (χ1v) is 10.8. The van der Waals surface area contributed by atoms with Crippen LogP contribution in [0.5, 0.6) is 0 Å². The molecular weight excluding hydrogens is 364 g/mol. The lowest BCUT2D eigenvalue weighted by Gasteiger charge is -2.18. The van der Waals surface area contributed by atoms with Gasteiger partial charge in [-0.3, -0.25) is 0 Å². The lowest BCUT2D eigenvalue weighted by atomic mass is 10.2. The molecule has 146 valence electrons. The summed E-state index contributed by atoms with van der Waals surface area (Å²) in [6, 6.07) is 35.5. The molecule has 0 amide bonds. The first kappa shape index (κ1) is 17.3. The van der Waals surface area contributed by atoms with E-state index in [1.165, 1.54) is 43.6 Å². The zero-order valence-corrected chi connectivity index (χ0v) is 17.1. The van der Waals surface area contributed by atoms with Crippen LogP contribution in [0.1, 0.15) is 19.4 Å². The Morgan fingerprint density at radius 2 is 0.900 bits per heavy atom. The van der Waals surface area contributed by atoms with Crippen molar-refractivity contribution < 1.29 is 0 Å². The fourth-order valence-electron chi connectivity index (χ4n) is 5.12. The Morgan fingerprint density at radius 1 is 0.533 bits per heavy atom. The maximum absolute atomic E-state index is 2.53. The molecule has 0 N–H and O–H groups in total. The SMILES string of the molecule is CC(CCn1c2ccccc2c2ccccc21)n1c2ccccc2c2ccccc21. The summed E-state index contributed by atoms with van der Waals surface area (Å²) in [5.41, 5.74) is 5.31. The van der Waals surface area contributed by atoms with Crippen molar-refractivity contribution in [3.05, 3.63) is 97.1 Å². The fourth-order valence-corrected chi connectivity index (χ4v) is 5.12. The van der Waals surface area contributed by atoms with Crippen LogP contribution in [0, 0.1) is 0 Å². The van der Waals surface area contributed by atoms with Gasteiger partial charge in [-0.25, -0.2) is 0 Å². The van der Waals surface area contributed by atoms with Crippen LogP contribution in [-0.4, -0.2) is 9.13 Å². The average Bonchev–Trinajstić information content (AvgIpc) is 3.31. The third kappa shape index (κ3) is 2.50. The number of rotatable bonds is 4. The summed E-state index contributed by atoms with van der Waals surface area (Å²) >= 11 is 0. The van der Waals surface area contributed by atoms with Gasteiger partial charge in [0.25, 0.3) is 0 Å². The molecule has 2 heterocycles. The molecule has 6 aromatic rings. The Kier molecular flexibility index (Phi) is 3.92. The van der Waals surface area contributed by atoms with Crippen molar-refractivity contribution in [3.8, 4) is 0 Å². The van der Waals surface area contributed by atoms with Gasteiger partial charge in [0.05, 0.1) is 0 Å². The smallest absolute Gasteiger partial charge is 0.0493 e. The van der Waals surface area contributed by atoms with E-state index in [0.717, 1.165) is 13.0 Å². The van der Waals surface area contributed by atoms with Gasteiger partial charge in [0.2, 0.25) is 0 Å². The molecule has 0 spiro atoms. The highest BCUT2D eigenvalue weighted by atomic mass is 15.0. The van der Waals surface area contributed by atoms with E-state index >= 15 is 0 Å². The van der Waals surface area contributed by atoms with Gasteiger partial charge >= 0.3 is 0 Å². The summed E-state index contributed by atoms with van der Waals surface area (Å²) in [6.07, 6.45) is 1.07. The quantitative estimate of drug-likeness (QED) is 0.295. The van der Waals surface area contributed by atoms with Gasteiger partial charge in [0.15, 0.2) is 0 Å². The molecule has 0 fully saturated rings.